The highest BCUT2D eigenvalue weighted by Gasteiger charge is 2.28. The number of aliphatic hydroxyl groups excluding tert-OH is 1. The Morgan fingerprint density at radius 2 is 2.05 bits per heavy atom. The number of H-pyrrole nitrogens is 1. The quantitative estimate of drug-likeness (QED) is 0.879. The smallest absolute Gasteiger partial charge is 0.256 e. The average Bonchev–Trinajstić information content (AvgIpc) is 2.55. The minimum absolute atomic E-state index is 0.0208. The number of benzene rings is 1. The first kappa shape index (κ1) is 13.8. The number of pyridine rings is 1. The SMILES string of the molecule is O=C(c1c[nH]c(=O)c2ccccc12)N1CCCCC1CO. The van der Waals surface area contributed by atoms with Gasteiger partial charge in [0.1, 0.15) is 0 Å². The van der Waals surface area contributed by atoms with Gasteiger partial charge < -0.3 is 15.0 Å². The molecule has 5 nitrogen and oxygen atoms in total. The van der Waals surface area contributed by atoms with E-state index in [1.807, 2.05) is 6.07 Å². The van der Waals surface area contributed by atoms with E-state index in [4.69, 9.17) is 0 Å². The minimum Gasteiger partial charge on any atom is -0.394 e. The van der Waals surface area contributed by atoms with Crippen LogP contribution in [0.25, 0.3) is 10.8 Å². The largest absolute Gasteiger partial charge is 0.394 e. The molecule has 110 valence electrons. The highest BCUT2D eigenvalue weighted by atomic mass is 16.3. The van der Waals surface area contributed by atoms with Gasteiger partial charge in [-0.2, -0.15) is 0 Å². The lowest BCUT2D eigenvalue weighted by Gasteiger charge is -2.34. The van der Waals surface area contributed by atoms with Gasteiger partial charge in [-0.1, -0.05) is 18.2 Å². The molecule has 0 saturated carbocycles. The van der Waals surface area contributed by atoms with E-state index in [-0.39, 0.29) is 24.1 Å². The molecule has 2 aromatic rings. The fourth-order valence-electron chi connectivity index (χ4n) is 3.00. The fraction of sp³-hybridized carbons (Fsp3) is 0.375. The number of piperidine rings is 1. The van der Waals surface area contributed by atoms with Crippen molar-refractivity contribution in [3.8, 4) is 0 Å². The van der Waals surface area contributed by atoms with Gasteiger partial charge in [0, 0.05) is 23.5 Å². The first-order chi connectivity index (χ1) is 10.2. The maximum absolute atomic E-state index is 12.8. The van der Waals surface area contributed by atoms with E-state index in [2.05, 4.69) is 4.98 Å². The summed E-state index contributed by atoms with van der Waals surface area (Å²) in [7, 11) is 0. The first-order valence-electron chi connectivity index (χ1n) is 7.24. The van der Waals surface area contributed by atoms with Crippen molar-refractivity contribution in [1.29, 1.82) is 0 Å². The van der Waals surface area contributed by atoms with E-state index < -0.39 is 0 Å². The van der Waals surface area contributed by atoms with Crippen molar-refractivity contribution >= 4 is 16.7 Å². The summed E-state index contributed by atoms with van der Waals surface area (Å²) in [5, 5.41) is 10.6. The van der Waals surface area contributed by atoms with Gasteiger partial charge in [0.05, 0.1) is 18.2 Å². The topological polar surface area (TPSA) is 73.4 Å². The number of aromatic amines is 1. The van der Waals surface area contributed by atoms with Gasteiger partial charge in [0.2, 0.25) is 0 Å². The molecule has 5 heteroatoms. The van der Waals surface area contributed by atoms with Crippen LogP contribution in [0.5, 0.6) is 0 Å². The van der Waals surface area contributed by atoms with Crippen LogP contribution in [0.1, 0.15) is 29.6 Å². The number of hydrogen-bond donors (Lipinski definition) is 2. The summed E-state index contributed by atoms with van der Waals surface area (Å²) in [6, 6.07) is 6.97. The van der Waals surface area contributed by atoms with Crippen LogP contribution in [0, 0.1) is 0 Å². The fourth-order valence-corrected chi connectivity index (χ4v) is 3.00. The third-order valence-electron chi connectivity index (χ3n) is 4.14. The Hall–Kier alpha value is -2.14. The molecular weight excluding hydrogens is 268 g/mol. The van der Waals surface area contributed by atoms with Gasteiger partial charge >= 0.3 is 0 Å². The molecule has 1 aromatic heterocycles. The number of hydrogen-bond acceptors (Lipinski definition) is 3. The second kappa shape index (κ2) is 5.69. The van der Waals surface area contributed by atoms with Crippen LogP contribution in [0.4, 0.5) is 0 Å². The molecule has 0 aliphatic carbocycles. The van der Waals surface area contributed by atoms with Crippen molar-refractivity contribution < 1.29 is 9.90 Å². The summed E-state index contributed by atoms with van der Waals surface area (Å²) in [6.07, 6.45) is 4.28. The van der Waals surface area contributed by atoms with Gasteiger partial charge in [0.15, 0.2) is 0 Å². The van der Waals surface area contributed by atoms with Crippen molar-refractivity contribution in [2.75, 3.05) is 13.2 Å². The molecule has 0 spiro atoms. The Kier molecular flexibility index (Phi) is 3.75. The lowest BCUT2D eigenvalue weighted by atomic mass is 10.00. The zero-order chi connectivity index (χ0) is 14.8. The normalized spacial score (nSPS) is 18.9. The third kappa shape index (κ3) is 2.45. The van der Waals surface area contributed by atoms with Crippen LogP contribution in [-0.2, 0) is 0 Å². The first-order valence-corrected chi connectivity index (χ1v) is 7.24. The number of aliphatic hydroxyl groups is 1. The molecule has 2 N–H and O–H groups in total. The Labute approximate surface area is 122 Å². The summed E-state index contributed by atoms with van der Waals surface area (Å²) in [5.74, 6) is -0.124. The number of carbonyl (C=O) groups is 1. The van der Waals surface area contributed by atoms with Crippen molar-refractivity contribution in [2.45, 2.75) is 25.3 Å². The number of fused-ring (bicyclic) bond motifs is 1. The maximum atomic E-state index is 12.8. The molecule has 1 aliphatic heterocycles. The number of aromatic nitrogens is 1. The number of nitrogens with zero attached hydrogens (tertiary/aromatic N) is 1. The van der Waals surface area contributed by atoms with Crippen LogP contribution < -0.4 is 5.56 Å². The number of amides is 1. The second-order valence-corrected chi connectivity index (χ2v) is 5.41. The lowest BCUT2D eigenvalue weighted by molar-refractivity contribution is 0.0504. The summed E-state index contributed by atoms with van der Waals surface area (Å²) in [5.41, 5.74) is 0.296. The van der Waals surface area contributed by atoms with E-state index in [1.54, 1.807) is 23.1 Å². The Bertz CT molecular complexity index is 723. The molecule has 21 heavy (non-hydrogen) atoms. The van der Waals surface area contributed by atoms with E-state index >= 15 is 0 Å². The number of carbonyl (C=O) groups excluding carboxylic acids is 1. The van der Waals surface area contributed by atoms with E-state index in [1.165, 1.54) is 6.20 Å². The van der Waals surface area contributed by atoms with Crippen LogP contribution in [0.2, 0.25) is 0 Å². The van der Waals surface area contributed by atoms with Crippen LogP contribution >= 0.6 is 0 Å². The second-order valence-electron chi connectivity index (χ2n) is 5.41. The standard InChI is InChI=1S/C16H18N2O3/c19-10-11-5-3-4-8-18(11)16(21)14-9-17-15(20)13-7-2-1-6-12(13)14/h1-2,6-7,9,11,19H,3-5,8,10H2,(H,17,20). The summed E-state index contributed by atoms with van der Waals surface area (Å²) in [4.78, 5) is 29.0. The Morgan fingerprint density at radius 1 is 1.29 bits per heavy atom. The molecule has 1 unspecified atom stereocenters. The van der Waals surface area contributed by atoms with Crippen molar-refractivity contribution in [3.05, 3.63) is 46.4 Å². The van der Waals surface area contributed by atoms with Gasteiger partial charge in [-0.15, -0.1) is 0 Å². The number of likely N-dealkylation sites (tertiary alicyclic amines) is 1. The molecule has 1 saturated heterocycles. The molecule has 1 fully saturated rings. The molecule has 2 heterocycles. The highest BCUT2D eigenvalue weighted by Crippen LogP contribution is 2.22. The lowest BCUT2D eigenvalue weighted by Crippen LogP contribution is -2.45. The van der Waals surface area contributed by atoms with Crippen LogP contribution in [0.3, 0.4) is 0 Å². The van der Waals surface area contributed by atoms with Crippen molar-refractivity contribution in [2.24, 2.45) is 0 Å². The predicted octanol–water partition coefficient (Wildman–Crippen LogP) is 1.52. The Morgan fingerprint density at radius 3 is 2.81 bits per heavy atom. The molecule has 1 aliphatic rings. The molecule has 1 amide bonds. The molecule has 0 radical (unpaired) electrons. The number of rotatable bonds is 2. The minimum atomic E-state index is -0.195. The zero-order valence-corrected chi connectivity index (χ0v) is 11.7. The van der Waals surface area contributed by atoms with Crippen LogP contribution in [0.15, 0.2) is 35.3 Å². The zero-order valence-electron chi connectivity index (χ0n) is 11.7. The van der Waals surface area contributed by atoms with Gasteiger partial charge in [-0.3, -0.25) is 9.59 Å². The van der Waals surface area contributed by atoms with E-state index in [0.717, 1.165) is 19.3 Å². The summed E-state index contributed by atoms with van der Waals surface area (Å²) in [6.45, 7) is 0.630. The summed E-state index contributed by atoms with van der Waals surface area (Å²) >= 11 is 0. The molecule has 3 rings (SSSR count). The maximum Gasteiger partial charge on any atom is 0.256 e. The van der Waals surface area contributed by atoms with Crippen LogP contribution in [-0.4, -0.2) is 40.1 Å². The average molecular weight is 286 g/mol. The third-order valence-corrected chi connectivity index (χ3v) is 4.14. The van der Waals surface area contributed by atoms with Gasteiger partial charge in [-0.25, -0.2) is 0 Å². The molecule has 0 bridgehead atoms. The molecular formula is C16H18N2O3. The number of nitrogens with one attached hydrogen (secondary N) is 1. The Balaban J connectivity index is 2.05. The van der Waals surface area contributed by atoms with Crippen molar-refractivity contribution in [1.82, 2.24) is 9.88 Å². The molecule has 1 atom stereocenters. The predicted molar refractivity (Wildman–Crippen MR) is 80.3 cm³/mol. The molecule has 1 aromatic carbocycles. The highest BCUT2D eigenvalue weighted by molar-refractivity contribution is 6.06. The summed E-state index contributed by atoms with van der Waals surface area (Å²) < 4.78 is 0. The van der Waals surface area contributed by atoms with E-state index in [9.17, 15) is 14.7 Å². The monoisotopic (exact) mass is 286 g/mol. The van der Waals surface area contributed by atoms with E-state index in [0.29, 0.717) is 22.9 Å². The van der Waals surface area contributed by atoms with Gasteiger partial charge in [0.25, 0.3) is 11.5 Å². The van der Waals surface area contributed by atoms with Gasteiger partial charge in [-0.05, 0) is 25.3 Å². The van der Waals surface area contributed by atoms with Crippen molar-refractivity contribution in [3.63, 3.8) is 0 Å².